The van der Waals surface area contributed by atoms with Gasteiger partial charge < -0.3 is 14.7 Å². The average molecular weight is 502 g/mol. The van der Waals surface area contributed by atoms with E-state index in [1.807, 2.05) is 34.0 Å². The number of hydrogen-bond acceptors (Lipinski definition) is 5. The highest BCUT2D eigenvalue weighted by atomic mass is 16.7. The minimum atomic E-state index is -1.36. The first kappa shape index (κ1) is 24.7. The van der Waals surface area contributed by atoms with E-state index in [1.165, 1.54) is 0 Å². The maximum atomic E-state index is 13.2. The molecule has 0 bridgehead atoms. The number of rotatable bonds is 3. The Balaban J connectivity index is 1.25. The second-order valence-electron chi connectivity index (χ2n) is 11.1. The lowest BCUT2D eigenvalue weighted by atomic mass is 9.67. The topological polar surface area (TPSA) is 102 Å². The second kappa shape index (κ2) is 9.18. The molecule has 0 radical (unpaired) electrons. The smallest absolute Gasteiger partial charge is 0.449 e. The highest BCUT2D eigenvalue weighted by molar-refractivity contribution is 5.98. The van der Waals surface area contributed by atoms with Crippen LogP contribution < -0.4 is 4.74 Å². The number of carbonyl (C=O) groups excluding carboxylic acids is 2. The van der Waals surface area contributed by atoms with Crippen LogP contribution in [0.4, 0.5) is 4.79 Å². The van der Waals surface area contributed by atoms with Gasteiger partial charge in [-0.15, -0.1) is 0 Å². The zero-order valence-corrected chi connectivity index (χ0v) is 21.4. The van der Waals surface area contributed by atoms with Crippen molar-refractivity contribution in [2.45, 2.75) is 52.0 Å². The number of carbonyl (C=O) groups is 3. The number of fused-ring (bicyclic) bond motifs is 1. The molecule has 5 rings (SSSR count). The van der Waals surface area contributed by atoms with E-state index >= 15 is 0 Å². The molecular weight excluding hydrogens is 470 g/mol. The number of carboxylic acid groups (broad SMARTS) is 1. The van der Waals surface area contributed by atoms with Gasteiger partial charge in [0.1, 0.15) is 11.4 Å². The molecule has 1 saturated heterocycles. The van der Waals surface area contributed by atoms with Crippen molar-refractivity contribution in [1.29, 1.82) is 0 Å². The third-order valence-corrected chi connectivity index (χ3v) is 7.46. The molecule has 37 heavy (non-hydrogen) atoms. The summed E-state index contributed by atoms with van der Waals surface area (Å²) < 4.78 is 6.59. The monoisotopic (exact) mass is 501 g/mol. The molecule has 2 aliphatic rings. The van der Waals surface area contributed by atoms with Gasteiger partial charge in [0.15, 0.2) is 5.78 Å². The fraction of sp³-hybridized carbons (Fsp3) is 0.379. The lowest BCUT2D eigenvalue weighted by molar-refractivity contribution is 0.0515. The van der Waals surface area contributed by atoms with E-state index in [0.717, 1.165) is 41.6 Å². The highest BCUT2D eigenvalue weighted by Gasteiger charge is 2.44. The predicted molar refractivity (Wildman–Crippen MR) is 138 cm³/mol. The second-order valence-corrected chi connectivity index (χ2v) is 11.1. The molecule has 1 amide bonds. The fourth-order valence-corrected chi connectivity index (χ4v) is 5.57. The van der Waals surface area contributed by atoms with Crippen molar-refractivity contribution >= 4 is 17.8 Å². The van der Waals surface area contributed by atoms with Gasteiger partial charge in [-0.2, -0.15) is 5.10 Å². The van der Waals surface area contributed by atoms with Crippen molar-refractivity contribution in [2.75, 3.05) is 13.1 Å². The summed E-state index contributed by atoms with van der Waals surface area (Å²) in [6.07, 6.45) is 3.40. The largest absolute Gasteiger partial charge is 0.511 e. The Morgan fingerprint density at radius 3 is 2.35 bits per heavy atom. The third kappa shape index (κ3) is 4.88. The molecular formula is C29H31N3O5. The summed E-state index contributed by atoms with van der Waals surface area (Å²) in [5.41, 5.74) is 3.68. The lowest BCUT2D eigenvalue weighted by Gasteiger charge is -2.43. The summed E-state index contributed by atoms with van der Waals surface area (Å²) in [5.74, 6) is 0.376. The molecule has 1 spiro atoms. The maximum Gasteiger partial charge on any atom is 0.511 e. The van der Waals surface area contributed by atoms with Crippen LogP contribution in [0.2, 0.25) is 0 Å². The molecule has 2 aromatic carbocycles. The van der Waals surface area contributed by atoms with Gasteiger partial charge in [0.05, 0.1) is 11.7 Å². The first-order valence-corrected chi connectivity index (χ1v) is 12.6. The predicted octanol–water partition coefficient (Wildman–Crippen LogP) is 5.41. The zero-order chi connectivity index (χ0) is 26.4. The van der Waals surface area contributed by atoms with Gasteiger partial charge >= 0.3 is 6.16 Å². The summed E-state index contributed by atoms with van der Waals surface area (Å²) in [5, 5.41) is 13.4. The van der Waals surface area contributed by atoms with E-state index in [1.54, 1.807) is 30.3 Å². The summed E-state index contributed by atoms with van der Waals surface area (Å²) in [7, 11) is 0. The normalized spacial score (nSPS) is 16.9. The van der Waals surface area contributed by atoms with Crippen molar-refractivity contribution in [3.8, 4) is 16.9 Å². The number of Topliss-reactive ketones (excluding diaryl/α,β-unsaturated/α-hetero) is 1. The van der Waals surface area contributed by atoms with Gasteiger partial charge in [-0.1, -0.05) is 24.3 Å². The quantitative estimate of drug-likeness (QED) is 0.380. The van der Waals surface area contributed by atoms with Crippen molar-refractivity contribution < 1.29 is 24.2 Å². The number of piperidine rings is 1. The number of hydrogen-bond donors (Lipinski definition) is 1. The number of ether oxygens (including phenoxy) is 1. The SMILES string of the molecule is CC(C)(C)n1ncc2c1C(=O)CC1(CCN(C(=O)c3ccc(-c4cccc(OC(=O)O)c4)cc3)CC1)C2. The van der Waals surface area contributed by atoms with E-state index in [-0.39, 0.29) is 28.4 Å². The zero-order valence-electron chi connectivity index (χ0n) is 21.4. The van der Waals surface area contributed by atoms with Crippen molar-refractivity contribution in [1.82, 2.24) is 14.7 Å². The van der Waals surface area contributed by atoms with E-state index in [9.17, 15) is 14.4 Å². The van der Waals surface area contributed by atoms with Gasteiger partial charge in [-0.05, 0) is 80.8 Å². The van der Waals surface area contributed by atoms with Crippen LogP contribution in [0.3, 0.4) is 0 Å². The molecule has 192 valence electrons. The van der Waals surface area contributed by atoms with Crippen LogP contribution in [0.1, 0.15) is 66.4 Å². The molecule has 0 unspecified atom stereocenters. The van der Waals surface area contributed by atoms with Crippen LogP contribution in [0.25, 0.3) is 11.1 Å². The molecule has 1 N–H and O–H groups in total. The third-order valence-electron chi connectivity index (χ3n) is 7.46. The summed E-state index contributed by atoms with van der Waals surface area (Å²) in [6.45, 7) is 7.40. The summed E-state index contributed by atoms with van der Waals surface area (Å²) >= 11 is 0. The Morgan fingerprint density at radius 2 is 1.70 bits per heavy atom. The molecule has 1 fully saturated rings. The van der Waals surface area contributed by atoms with Crippen LogP contribution in [0.5, 0.6) is 5.75 Å². The van der Waals surface area contributed by atoms with Gasteiger partial charge in [0, 0.05) is 30.6 Å². The Morgan fingerprint density at radius 1 is 1.00 bits per heavy atom. The first-order chi connectivity index (χ1) is 17.5. The van der Waals surface area contributed by atoms with E-state index in [2.05, 4.69) is 25.9 Å². The number of aromatic nitrogens is 2. The van der Waals surface area contributed by atoms with E-state index in [0.29, 0.717) is 25.1 Å². The van der Waals surface area contributed by atoms with E-state index in [4.69, 9.17) is 9.84 Å². The molecule has 8 nitrogen and oxygen atoms in total. The van der Waals surface area contributed by atoms with Crippen LogP contribution in [-0.2, 0) is 12.0 Å². The summed E-state index contributed by atoms with van der Waals surface area (Å²) in [6, 6.07) is 14.1. The fourth-order valence-electron chi connectivity index (χ4n) is 5.57. The molecule has 3 aromatic rings. The molecule has 0 atom stereocenters. The number of amides is 1. The van der Waals surface area contributed by atoms with Crippen molar-refractivity contribution in [3.05, 3.63) is 71.5 Å². The molecule has 0 saturated carbocycles. The minimum absolute atomic E-state index is 0.0206. The average Bonchev–Trinajstić information content (AvgIpc) is 3.29. The molecule has 8 heteroatoms. The minimum Gasteiger partial charge on any atom is -0.449 e. The Hall–Kier alpha value is -3.94. The molecule has 1 aromatic heterocycles. The Kier molecular flexibility index (Phi) is 6.14. The van der Waals surface area contributed by atoms with Gasteiger partial charge in [0.2, 0.25) is 0 Å². The van der Waals surface area contributed by atoms with Crippen LogP contribution in [-0.4, -0.2) is 50.7 Å². The number of likely N-dealkylation sites (tertiary alicyclic amines) is 1. The Labute approximate surface area is 215 Å². The first-order valence-electron chi connectivity index (χ1n) is 12.6. The molecule has 2 heterocycles. The standard InChI is InChI=1S/C29H31N3O5/c1-28(2,3)32-25-22(18-30-32)16-29(17-24(25)33)11-13-31(14-12-29)26(34)20-9-7-19(8-10-20)21-5-4-6-23(15-21)37-27(35)36/h4-10,15,18H,11-14,16-17H2,1-3H3,(H,35,36). The van der Waals surface area contributed by atoms with Gasteiger partial charge in [0.25, 0.3) is 5.91 Å². The highest BCUT2D eigenvalue weighted by Crippen LogP contribution is 2.44. The maximum absolute atomic E-state index is 13.2. The number of ketones is 1. The van der Waals surface area contributed by atoms with Crippen LogP contribution in [0, 0.1) is 5.41 Å². The summed E-state index contributed by atoms with van der Waals surface area (Å²) in [4.78, 5) is 39.1. The van der Waals surface area contributed by atoms with Crippen molar-refractivity contribution in [2.24, 2.45) is 5.41 Å². The van der Waals surface area contributed by atoms with Gasteiger partial charge in [-0.25, -0.2) is 4.79 Å². The Bertz CT molecular complexity index is 1360. The van der Waals surface area contributed by atoms with Crippen LogP contribution in [0.15, 0.2) is 54.7 Å². The van der Waals surface area contributed by atoms with Crippen molar-refractivity contribution in [3.63, 3.8) is 0 Å². The lowest BCUT2D eigenvalue weighted by Crippen LogP contribution is -2.46. The molecule has 1 aliphatic heterocycles. The van der Waals surface area contributed by atoms with Crippen LogP contribution >= 0.6 is 0 Å². The number of nitrogens with zero attached hydrogens (tertiary/aromatic N) is 3. The van der Waals surface area contributed by atoms with Gasteiger partial charge in [-0.3, -0.25) is 14.3 Å². The number of benzene rings is 2. The van der Waals surface area contributed by atoms with E-state index < -0.39 is 6.16 Å². The molecule has 1 aliphatic carbocycles.